The molecule has 2 aliphatic heterocycles. The van der Waals surface area contributed by atoms with Crippen LogP contribution in [0.1, 0.15) is 16.7 Å². The van der Waals surface area contributed by atoms with Crippen molar-refractivity contribution in [2.75, 3.05) is 19.6 Å². The van der Waals surface area contributed by atoms with Crippen molar-refractivity contribution in [1.29, 1.82) is 0 Å². The molecule has 174 valence electrons. The second kappa shape index (κ2) is 8.12. The number of phenolic OH excluding ortho intramolecular Hbond substituents is 1. The van der Waals surface area contributed by atoms with E-state index in [1.807, 2.05) is 49.4 Å². The van der Waals surface area contributed by atoms with Crippen LogP contribution in [0.2, 0.25) is 0 Å². The molecule has 2 atom stereocenters. The number of fused-ring (bicyclic) bond motifs is 2. The van der Waals surface area contributed by atoms with Gasteiger partial charge in [0.15, 0.2) is 5.69 Å². The van der Waals surface area contributed by atoms with E-state index in [4.69, 9.17) is 0 Å². The topological polar surface area (TPSA) is 119 Å². The van der Waals surface area contributed by atoms with Gasteiger partial charge in [0.2, 0.25) is 18.0 Å². The van der Waals surface area contributed by atoms with E-state index in [1.165, 1.54) is 4.90 Å². The fourth-order valence-corrected chi connectivity index (χ4v) is 4.93. The molecule has 2 saturated heterocycles. The number of aromatic hydroxyl groups is 1. The number of quaternary nitrogens is 1. The van der Waals surface area contributed by atoms with Gasteiger partial charge in [-0.2, -0.15) is 4.79 Å². The number of carbonyl (C=O) groups is 3. The van der Waals surface area contributed by atoms with Gasteiger partial charge >= 0.3 is 6.09 Å². The van der Waals surface area contributed by atoms with Crippen LogP contribution in [0.25, 0.3) is 10.8 Å². The lowest BCUT2D eigenvalue weighted by molar-refractivity contribution is -0.152. The Hall–Kier alpha value is -3.95. The number of rotatable bonds is 3. The minimum absolute atomic E-state index is 0.0133. The van der Waals surface area contributed by atoms with Crippen molar-refractivity contribution in [2.24, 2.45) is 0 Å². The molecule has 3 aromatic carbocycles. The van der Waals surface area contributed by atoms with Gasteiger partial charge in [-0.1, -0.05) is 40.5 Å². The van der Waals surface area contributed by atoms with Crippen LogP contribution in [0.5, 0.6) is 5.75 Å². The zero-order valence-corrected chi connectivity index (χ0v) is 18.6. The zero-order chi connectivity index (χ0) is 24.0. The lowest BCUT2D eigenvalue weighted by Crippen LogP contribution is -2.82. The first kappa shape index (κ1) is 21.9. The number of aryl methyl sites for hydroxylation is 1. The van der Waals surface area contributed by atoms with Crippen molar-refractivity contribution in [3.05, 3.63) is 71.3 Å². The van der Waals surface area contributed by atoms with E-state index in [1.54, 1.807) is 12.1 Å². The van der Waals surface area contributed by atoms with Gasteiger partial charge in [0.1, 0.15) is 18.8 Å². The number of carboxylic acid groups (broad SMARTS) is 1. The number of carbonyl (C=O) groups excluding carboxylic acids is 2. The van der Waals surface area contributed by atoms with Gasteiger partial charge in [0, 0.05) is 11.5 Å². The molecule has 2 fully saturated rings. The summed E-state index contributed by atoms with van der Waals surface area (Å²) in [5, 5.41) is 24.6. The molecule has 0 bridgehead atoms. The maximum absolute atomic E-state index is 13.0. The second-order valence-corrected chi connectivity index (χ2v) is 8.83. The van der Waals surface area contributed by atoms with Crippen LogP contribution in [0.4, 0.5) is 10.5 Å². The maximum Gasteiger partial charge on any atom is 0.540 e. The van der Waals surface area contributed by atoms with Gasteiger partial charge in [-0.15, -0.1) is 5.43 Å². The molecule has 9 nitrogen and oxygen atoms in total. The highest BCUT2D eigenvalue weighted by molar-refractivity contribution is 6.01. The normalized spacial score (nSPS) is 22.4. The third kappa shape index (κ3) is 3.55. The predicted octanol–water partition coefficient (Wildman–Crippen LogP) is 2.23. The number of hydrogen-bond acceptors (Lipinski definition) is 5. The summed E-state index contributed by atoms with van der Waals surface area (Å²) in [5.41, 5.74) is 6.32. The number of nitrogens with one attached hydrogen (secondary N) is 2. The van der Waals surface area contributed by atoms with Gasteiger partial charge < -0.3 is 15.5 Å². The Balaban J connectivity index is 1.71. The fraction of sp³-hybridized carbons (Fsp3) is 0.240. The van der Waals surface area contributed by atoms with Crippen LogP contribution in [0, 0.1) is 6.92 Å². The molecule has 0 aromatic heterocycles. The zero-order valence-electron chi connectivity index (χ0n) is 18.6. The molecule has 0 radical (unpaired) electrons. The molecule has 3 aromatic rings. The first-order valence-corrected chi connectivity index (χ1v) is 11.0. The van der Waals surface area contributed by atoms with E-state index in [0.29, 0.717) is 12.1 Å². The molecule has 4 N–H and O–H groups in total. The van der Waals surface area contributed by atoms with Gasteiger partial charge in [-0.3, -0.25) is 14.5 Å². The summed E-state index contributed by atoms with van der Waals surface area (Å²) >= 11 is 0. The lowest BCUT2D eigenvalue weighted by atomic mass is 9.97. The number of phenols is 1. The van der Waals surface area contributed by atoms with Crippen molar-refractivity contribution in [3.63, 3.8) is 0 Å². The summed E-state index contributed by atoms with van der Waals surface area (Å²) in [6, 6.07) is 16.7. The predicted molar refractivity (Wildman–Crippen MR) is 126 cm³/mol. The molecule has 34 heavy (non-hydrogen) atoms. The average molecular weight is 461 g/mol. The summed E-state index contributed by atoms with van der Waals surface area (Å²) in [4.78, 5) is 39.0. The fourth-order valence-electron chi connectivity index (χ4n) is 4.93. The summed E-state index contributed by atoms with van der Waals surface area (Å²) in [5.74, 6) is -0.442. The third-order valence-corrected chi connectivity index (χ3v) is 6.58. The number of amides is 3. The first-order valence-electron chi connectivity index (χ1n) is 11.0. The monoisotopic (exact) mass is 461 g/mol. The van der Waals surface area contributed by atoms with E-state index in [2.05, 4.69) is 10.7 Å². The standard InChI is InChI=1S/C25H24N4O5/c1-15-2-5-18-10-17(9-16-3-6-19(30)7-4-16)11-21(20(18)8-15)29(25(33)34)23-12-26-22(31)14-28(23)24(32)13-27-29/h2-8,10-11,23,27H,9,12-14H2,1H3,(H2-,26,30,31,33,34)/p+1. The molecular formula is C25H25N4O5+. The van der Waals surface area contributed by atoms with Gasteiger partial charge in [-0.05, 0) is 48.1 Å². The molecule has 5 rings (SSSR count). The molecule has 0 aliphatic carbocycles. The van der Waals surface area contributed by atoms with Crippen molar-refractivity contribution >= 4 is 34.4 Å². The van der Waals surface area contributed by atoms with Crippen LogP contribution in [-0.2, 0) is 16.0 Å². The van der Waals surface area contributed by atoms with E-state index in [0.717, 1.165) is 27.5 Å². The molecule has 2 unspecified atom stereocenters. The summed E-state index contributed by atoms with van der Waals surface area (Å²) in [6.07, 6.45) is -1.48. The molecule has 3 amide bonds. The number of piperazine rings is 1. The highest BCUT2D eigenvalue weighted by Gasteiger charge is 2.57. The highest BCUT2D eigenvalue weighted by Crippen LogP contribution is 2.38. The minimum atomic E-state index is -1.16. The van der Waals surface area contributed by atoms with Crippen LogP contribution in [0.15, 0.2) is 54.6 Å². The Morgan fingerprint density at radius 1 is 1.09 bits per heavy atom. The minimum Gasteiger partial charge on any atom is -0.508 e. The molecule has 0 spiro atoms. The van der Waals surface area contributed by atoms with Gasteiger partial charge in [0.25, 0.3) is 0 Å². The van der Waals surface area contributed by atoms with Crippen LogP contribution < -0.4 is 15.3 Å². The highest BCUT2D eigenvalue weighted by atomic mass is 16.4. The summed E-state index contributed by atoms with van der Waals surface area (Å²) in [6.45, 7) is 1.58. The van der Waals surface area contributed by atoms with Crippen molar-refractivity contribution in [2.45, 2.75) is 19.5 Å². The SMILES string of the molecule is Cc1ccc2cc(Cc3ccc(O)cc3)cc([N+]3(C(=O)O)NCC(=O)N4CC(=O)NCC43)c2c1. The lowest BCUT2D eigenvalue weighted by Gasteiger charge is -2.48. The van der Waals surface area contributed by atoms with E-state index in [-0.39, 0.29) is 37.2 Å². The molecule has 2 heterocycles. The number of hydrogen-bond donors (Lipinski definition) is 4. The van der Waals surface area contributed by atoms with Gasteiger partial charge in [-0.25, -0.2) is 0 Å². The Morgan fingerprint density at radius 2 is 1.85 bits per heavy atom. The van der Waals surface area contributed by atoms with Crippen LogP contribution >= 0.6 is 0 Å². The smallest absolute Gasteiger partial charge is 0.508 e. The van der Waals surface area contributed by atoms with Crippen LogP contribution in [0.3, 0.4) is 0 Å². The summed E-state index contributed by atoms with van der Waals surface area (Å²) < 4.78 is -0.699. The Morgan fingerprint density at radius 3 is 2.59 bits per heavy atom. The Bertz CT molecular complexity index is 1320. The van der Waals surface area contributed by atoms with Crippen molar-refractivity contribution < 1.29 is 24.6 Å². The van der Waals surface area contributed by atoms with E-state index in [9.17, 15) is 24.6 Å². The number of benzene rings is 3. The largest absolute Gasteiger partial charge is 0.540 e. The first-order chi connectivity index (χ1) is 16.3. The Kier molecular flexibility index (Phi) is 5.22. The maximum atomic E-state index is 13.0. The molecular weight excluding hydrogens is 436 g/mol. The third-order valence-electron chi connectivity index (χ3n) is 6.58. The average Bonchev–Trinajstić information content (AvgIpc) is 2.81. The van der Waals surface area contributed by atoms with Crippen molar-refractivity contribution in [3.8, 4) is 5.75 Å². The van der Waals surface area contributed by atoms with Crippen LogP contribution in [-0.4, -0.2) is 58.8 Å². The van der Waals surface area contributed by atoms with E-state index < -0.39 is 16.9 Å². The van der Waals surface area contributed by atoms with Gasteiger partial charge in [0.05, 0.1) is 6.54 Å². The molecule has 0 saturated carbocycles. The van der Waals surface area contributed by atoms with E-state index >= 15 is 0 Å². The second-order valence-electron chi connectivity index (χ2n) is 8.83. The molecule has 2 aliphatic rings. The van der Waals surface area contributed by atoms with Crippen molar-refractivity contribution in [1.82, 2.24) is 20.2 Å². The Labute approximate surface area is 195 Å². The molecule has 9 heteroatoms. The summed E-state index contributed by atoms with van der Waals surface area (Å²) in [7, 11) is 0. The quantitative estimate of drug-likeness (QED) is 0.444. The number of nitrogens with zero attached hydrogens (tertiary/aromatic N) is 2.